The van der Waals surface area contributed by atoms with Gasteiger partial charge in [-0.05, 0) is 136 Å². The van der Waals surface area contributed by atoms with Gasteiger partial charge < -0.3 is 61.0 Å². The topological polar surface area (TPSA) is 143 Å². The number of halogens is 4. The molecule has 0 aliphatic carbocycles. The largest absolute Gasteiger partial charge is 0.389 e. The van der Waals surface area contributed by atoms with Crippen molar-refractivity contribution < 1.29 is 9.63 Å². The Morgan fingerprint density at radius 1 is 0.534 bits per heavy atom. The second-order valence-corrected chi connectivity index (χ2v) is 26.9. The molecule has 0 aromatic heterocycles. The SMILES string of the molecule is CC(C)(CNC(=S)Nc1ccccc1)OP1N(c2ccccc2)CCN1c1ccccc1.CC(C)(O)CNC(=S)Nc1ccccc1.ClP(Cl)Cl.ClP1N(c2ccccc2)CCN1c1ccccc1.NCCN. The molecule has 0 bridgehead atoms. The van der Waals surface area contributed by atoms with Crippen LogP contribution < -0.4 is 51.4 Å². The van der Waals surface area contributed by atoms with Crippen molar-refractivity contribution in [3.63, 3.8) is 0 Å². The van der Waals surface area contributed by atoms with Gasteiger partial charge in [-0.1, -0.05) is 143 Å². The van der Waals surface area contributed by atoms with Gasteiger partial charge in [0.05, 0.1) is 11.2 Å². The van der Waals surface area contributed by atoms with Crippen LogP contribution >= 0.6 is 91.4 Å². The van der Waals surface area contributed by atoms with Crippen LogP contribution in [0.2, 0.25) is 0 Å². The molecular weight excluding hydrogens is 1100 g/mol. The quantitative estimate of drug-likeness (QED) is 0.0435. The van der Waals surface area contributed by atoms with Crippen molar-refractivity contribution >= 4 is 136 Å². The van der Waals surface area contributed by atoms with E-state index >= 15 is 0 Å². The van der Waals surface area contributed by atoms with E-state index in [1.54, 1.807) is 13.8 Å². The molecule has 2 saturated heterocycles. The fourth-order valence-electron chi connectivity index (χ4n) is 6.62. The van der Waals surface area contributed by atoms with Crippen LogP contribution in [0, 0.1) is 0 Å². The van der Waals surface area contributed by atoms with Crippen molar-refractivity contribution in [2.75, 3.05) is 81.7 Å². The lowest BCUT2D eigenvalue weighted by Crippen LogP contribution is -2.42. The first-order valence-corrected chi connectivity index (χ1v) is 31.5. The minimum absolute atomic E-state index is 0.422. The number of hydrogen-bond donors (Lipinski definition) is 7. The van der Waals surface area contributed by atoms with E-state index in [0.29, 0.717) is 36.4 Å². The highest BCUT2D eigenvalue weighted by atomic mass is 36.0. The third kappa shape index (κ3) is 23.7. The van der Waals surface area contributed by atoms with Gasteiger partial charge in [0.15, 0.2) is 23.8 Å². The van der Waals surface area contributed by atoms with Crippen LogP contribution in [0.15, 0.2) is 182 Å². The number of nitrogens with one attached hydrogen (secondary N) is 4. The average molecular weight is 1160 g/mol. The van der Waals surface area contributed by atoms with Gasteiger partial charge in [0.1, 0.15) is 0 Å². The van der Waals surface area contributed by atoms with Crippen molar-refractivity contribution in [1.82, 2.24) is 10.6 Å². The summed E-state index contributed by atoms with van der Waals surface area (Å²) in [6, 6.07) is 61.4. The number of benzene rings is 6. The van der Waals surface area contributed by atoms with Gasteiger partial charge in [0.2, 0.25) is 8.45 Å². The molecule has 0 amide bonds. The summed E-state index contributed by atoms with van der Waals surface area (Å²) < 4.78 is 16.1. The summed E-state index contributed by atoms with van der Waals surface area (Å²) in [6.45, 7) is 13.7. The molecule has 0 unspecified atom stereocenters. The van der Waals surface area contributed by atoms with Crippen LogP contribution in [-0.2, 0) is 4.52 Å². The summed E-state index contributed by atoms with van der Waals surface area (Å²) in [5, 5.41) is 23.1. The zero-order chi connectivity index (χ0) is 53.1. The van der Waals surface area contributed by atoms with Crippen LogP contribution in [0.3, 0.4) is 0 Å². The summed E-state index contributed by atoms with van der Waals surface area (Å²) in [6.07, 6.45) is 0. The molecule has 2 heterocycles. The van der Waals surface area contributed by atoms with Crippen LogP contribution in [0.5, 0.6) is 0 Å². The van der Waals surface area contributed by atoms with Gasteiger partial charge in [-0.2, -0.15) is 0 Å². The van der Waals surface area contributed by atoms with Gasteiger partial charge in [0.25, 0.3) is 0 Å². The molecule has 392 valence electrons. The molecule has 0 radical (unpaired) electrons. The second kappa shape index (κ2) is 33.3. The Hall–Kier alpha value is -3.81. The number of para-hydroxylation sites is 6. The number of thiocarbonyl (C=S) groups is 2. The van der Waals surface area contributed by atoms with Crippen molar-refractivity contribution in [2.45, 2.75) is 38.9 Å². The Bertz CT molecular complexity index is 2340. The van der Waals surface area contributed by atoms with Crippen LogP contribution in [-0.4, -0.2) is 78.9 Å². The van der Waals surface area contributed by atoms with Crippen molar-refractivity contribution in [2.24, 2.45) is 11.5 Å². The maximum Gasteiger partial charge on any atom is 0.249 e. The summed E-state index contributed by atoms with van der Waals surface area (Å²) in [5.41, 5.74) is 15.3. The minimum atomic E-state index is -1.20. The van der Waals surface area contributed by atoms with Crippen LogP contribution in [0.4, 0.5) is 34.1 Å². The van der Waals surface area contributed by atoms with E-state index in [4.69, 9.17) is 85.4 Å². The van der Waals surface area contributed by atoms with Crippen LogP contribution in [0.25, 0.3) is 0 Å². The first-order chi connectivity index (χ1) is 35.0. The van der Waals surface area contributed by atoms with E-state index in [1.807, 2.05) is 84.9 Å². The fraction of sp³-hybridized carbons (Fsp3) is 0.269. The molecule has 12 nitrogen and oxygen atoms in total. The third-order valence-electron chi connectivity index (χ3n) is 9.99. The number of rotatable bonds is 13. The Balaban J connectivity index is 0.000000238. The monoisotopic (exact) mass is 1160 g/mol. The fourth-order valence-corrected chi connectivity index (χ4v) is 11.5. The van der Waals surface area contributed by atoms with E-state index in [9.17, 15) is 5.11 Å². The molecule has 0 atom stereocenters. The highest BCUT2D eigenvalue weighted by Crippen LogP contribution is 2.57. The van der Waals surface area contributed by atoms with Gasteiger partial charge >= 0.3 is 0 Å². The van der Waals surface area contributed by atoms with Crippen molar-refractivity contribution in [1.29, 1.82) is 0 Å². The second-order valence-electron chi connectivity index (χ2n) is 17.1. The van der Waals surface area contributed by atoms with Gasteiger partial charge in [-0.3, -0.25) is 0 Å². The summed E-state index contributed by atoms with van der Waals surface area (Å²) in [5.74, 6) is -1.20. The Labute approximate surface area is 466 Å². The molecule has 2 aliphatic heterocycles. The highest BCUT2D eigenvalue weighted by Gasteiger charge is 2.39. The molecule has 6 aromatic carbocycles. The molecule has 8 rings (SSSR count). The van der Waals surface area contributed by atoms with Gasteiger partial charge in [-0.15, -0.1) is 0 Å². The lowest BCUT2D eigenvalue weighted by molar-refractivity contribution is 0.0851. The molecule has 0 spiro atoms. The predicted molar refractivity (Wildman–Crippen MR) is 330 cm³/mol. The molecule has 6 aromatic rings. The number of aliphatic hydroxyl groups is 1. The molecule has 73 heavy (non-hydrogen) atoms. The van der Waals surface area contributed by atoms with E-state index in [0.717, 1.165) is 37.6 Å². The van der Waals surface area contributed by atoms with Crippen molar-refractivity contribution in [3.8, 4) is 0 Å². The standard InChI is InChI=1S/C25H29N4OPS.C14H14ClN2P.C11H16N2OS.C2H8N2.Cl3P/c1-25(2,20-26-24(32)27-21-12-6-3-7-13-21)30-31-28(22-14-8-4-9-15-22)18-19-29(31)23-16-10-5-11-17-23;15-18-16(13-7-3-1-4-8-13)11-12-17(18)14-9-5-2-6-10-14;1-11(2,14)8-12-10(15)13-9-6-4-3-5-7-9;3-1-2-4;1-4(2)3/h3-17H,18-20H2,1-2H3,(H2,26,27,32);1-10H,11-12H2;3-7,14H,8H2,1-2H3,(H2,12,13,15);1-4H2;. The smallest absolute Gasteiger partial charge is 0.249 e. The molecule has 21 heteroatoms. The highest BCUT2D eigenvalue weighted by molar-refractivity contribution is 8.20. The Morgan fingerprint density at radius 3 is 1.11 bits per heavy atom. The minimum Gasteiger partial charge on any atom is -0.389 e. The van der Waals surface area contributed by atoms with Crippen molar-refractivity contribution in [3.05, 3.63) is 182 Å². The third-order valence-corrected chi connectivity index (χ3v) is 15.6. The summed E-state index contributed by atoms with van der Waals surface area (Å²) in [7, 11) is -1.83. The van der Waals surface area contributed by atoms with E-state index in [1.165, 1.54) is 22.7 Å². The van der Waals surface area contributed by atoms with Gasteiger partial charge in [-0.25, -0.2) is 0 Å². The number of anilines is 6. The molecule has 2 fully saturated rings. The lowest BCUT2D eigenvalue weighted by Gasteiger charge is -2.37. The molecular formula is C52H67Cl4N10O2P3S2. The number of hydrogen-bond acceptors (Lipinski definition) is 10. The lowest BCUT2D eigenvalue weighted by atomic mass is 10.1. The van der Waals surface area contributed by atoms with E-state index < -0.39 is 33.2 Å². The maximum absolute atomic E-state index is 9.48. The van der Waals surface area contributed by atoms with Gasteiger partial charge in [0, 0.05) is 86.5 Å². The summed E-state index contributed by atoms with van der Waals surface area (Å²) >= 11 is 31.8. The zero-order valence-electron chi connectivity index (χ0n) is 41.4. The number of nitrogens with two attached hydrogens (primary N) is 2. The normalized spacial score (nSPS) is 13.5. The van der Waals surface area contributed by atoms with E-state index in [2.05, 4.69) is 151 Å². The van der Waals surface area contributed by atoms with Crippen LogP contribution in [0.1, 0.15) is 27.7 Å². The Kier molecular flexibility index (Phi) is 28.1. The summed E-state index contributed by atoms with van der Waals surface area (Å²) in [4.78, 5) is 0. The number of nitrogens with zero attached hydrogens (tertiary/aromatic N) is 4. The van der Waals surface area contributed by atoms with E-state index in [-0.39, 0.29) is 0 Å². The molecule has 2 aliphatic rings. The first-order valence-electron chi connectivity index (χ1n) is 23.3. The molecule has 9 N–H and O–H groups in total. The Morgan fingerprint density at radius 2 is 0.808 bits per heavy atom. The first kappa shape index (κ1) is 61.7. The zero-order valence-corrected chi connectivity index (χ0v) is 48.8. The molecule has 0 saturated carbocycles. The predicted octanol–water partition coefficient (Wildman–Crippen LogP) is 14.1. The maximum atomic E-state index is 9.48. The average Bonchev–Trinajstić information content (AvgIpc) is 3.99.